The van der Waals surface area contributed by atoms with Crippen LogP contribution in [-0.2, 0) is 17.6 Å². The molecule has 1 aromatic heterocycles. The lowest BCUT2D eigenvalue weighted by atomic mass is 9.96. The highest BCUT2D eigenvalue weighted by molar-refractivity contribution is 7.09. The number of amides is 1. The molecular weight excluding hydrogens is 284 g/mol. The summed E-state index contributed by atoms with van der Waals surface area (Å²) in [5.41, 5.74) is 1.12. The average molecular weight is 302 g/mol. The smallest absolute Gasteiger partial charge is 0.223 e. The Morgan fingerprint density at radius 3 is 3.19 bits per heavy atom. The van der Waals surface area contributed by atoms with E-state index in [2.05, 4.69) is 10.3 Å². The average Bonchev–Trinajstić information content (AvgIpc) is 2.91. The Hall–Kier alpha value is -1.88. The fourth-order valence-corrected chi connectivity index (χ4v) is 3.15. The van der Waals surface area contributed by atoms with Gasteiger partial charge in [0.1, 0.15) is 5.75 Å². The van der Waals surface area contributed by atoms with Crippen molar-refractivity contribution in [1.82, 2.24) is 10.3 Å². The molecule has 21 heavy (non-hydrogen) atoms. The topological polar surface area (TPSA) is 51.2 Å². The summed E-state index contributed by atoms with van der Waals surface area (Å²) in [7, 11) is 0. The highest BCUT2D eigenvalue weighted by Crippen LogP contribution is 2.26. The van der Waals surface area contributed by atoms with Crippen molar-refractivity contribution in [3.8, 4) is 5.75 Å². The lowest BCUT2D eigenvalue weighted by molar-refractivity contribution is -0.125. The normalized spacial score (nSPS) is 17.4. The molecule has 1 unspecified atom stereocenters. The molecule has 1 amide bonds. The molecule has 110 valence electrons. The highest BCUT2D eigenvalue weighted by Gasteiger charge is 2.23. The van der Waals surface area contributed by atoms with Crippen molar-refractivity contribution in [3.63, 3.8) is 0 Å². The summed E-state index contributed by atoms with van der Waals surface area (Å²) >= 11 is 1.62. The number of fused-ring (bicyclic) bond motifs is 1. The summed E-state index contributed by atoms with van der Waals surface area (Å²) in [6.45, 7) is 1.24. The number of carbonyl (C=O) groups is 1. The molecule has 4 nitrogen and oxygen atoms in total. The molecule has 0 saturated carbocycles. The second-order valence-corrected chi connectivity index (χ2v) is 6.09. The Balaban J connectivity index is 1.55. The van der Waals surface area contributed by atoms with E-state index in [-0.39, 0.29) is 11.8 Å². The third-order valence-electron chi connectivity index (χ3n) is 3.66. The minimum atomic E-state index is -0.00931. The molecule has 3 rings (SSSR count). The van der Waals surface area contributed by atoms with Gasteiger partial charge in [-0.1, -0.05) is 18.2 Å². The van der Waals surface area contributed by atoms with Crippen LogP contribution in [-0.4, -0.2) is 24.0 Å². The lowest BCUT2D eigenvalue weighted by Crippen LogP contribution is -2.33. The molecule has 2 heterocycles. The molecule has 1 N–H and O–H groups in total. The molecule has 1 atom stereocenters. The summed E-state index contributed by atoms with van der Waals surface area (Å²) in [6, 6.07) is 7.97. The third kappa shape index (κ3) is 3.61. The number of carbonyl (C=O) groups excluding carboxylic acids is 1. The number of benzene rings is 1. The van der Waals surface area contributed by atoms with E-state index in [4.69, 9.17) is 4.74 Å². The van der Waals surface area contributed by atoms with E-state index in [0.717, 1.165) is 35.6 Å². The molecule has 1 aliphatic rings. The highest BCUT2D eigenvalue weighted by atomic mass is 32.1. The number of hydrogen-bond donors (Lipinski definition) is 1. The largest absolute Gasteiger partial charge is 0.493 e. The molecule has 0 saturated heterocycles. The van der Waals surface area contributed by atoms with Gasteiger partial charge in [0, 0.05) is 30.5 Å². The SMILES string of the molecule is O=C(NCCc1nccs1)C1CCOc2ccccc2C1. The predicted octanol–water partition coefficient (Wildman–Crippen LogP) is 2.44. The first-order valence-corrected chi connectivity index (χ1v) is 8.07. The Morgan fingerprint density at radius 1 is 1.43 bits per heavy atom. The van der Waals surface area contributed by atoms with Gasteiger partial charge in [0.05, 0.1) is 11.6 Å². The maximum Gasteiger partial charge on any atom is 0.223 e. The number of nitrogens with zero attached hydrogens (tertiary/aromatic N) is 1. The molecular formula is C16H18N2O2S. The zero-order valence-corrected chi connectivity index (χ0v) is 12.6. The fraction of sp³-hybridized carbons (Fsp3) is 0.375. The van der Waals surface area contributed by atoms with Crippen LogP contribution in [0.5, 0.6) is 5.75 Å². The van der Waals surface area contributed by atoms with Gasteiger partial charge in [-0.2, -0.15) is 0 Å². The zero-order chi connectivity index (χ0) is 14.5. The summed E-state index contributed by atoms with van der Waals surface area (Å²) in [5, 5.41) is 6.04. The molecule has 0 spiro atoms. The van der Waals surface area contributed by atoms with Gasteiger partial charge >= 0.3 is 0 Å². The van der Waals surface area contributed by atoms with Gasteiger partial charge in [0.2, 0.25) is 5.91 Å². The summed E-state index contributed by atoms with van der Waals surface area (Å²) in [5.74, 6) is 1.02. The number of hydrogen-bond acceptors (Lipinski definition) is 4. The van der Waals surface area contributed by atoms with Crippen LogP contribution in [0.3, 0.4) is 0 Å². The van der Waals surface area contributed by atoms with Crippen molar-refractivity contribution in [2.45, 2.75) is 19.3 Å². The standard InChI is InChI=1S/C16H18N2O2S/c19-16(18-7-5-15-17-8-10-21-15)13-6-9-20-14-4-2-1-3-12(14)11-13/h1-4,8,10,13H,5-7,9,11H2,(H,18,19). The van der Waals surface area contributed by atoms with Crippen molar-refractivity contribution in [2.24, 2.45) is 5.92 Å². The number of nitrogens with one attached hydrogen (secondary N) is 1. The number of aromatic nitrogens is 1. The minimum Gasteiger partial charge on any atom is -0.493 e. The van der Waals surface area contributed by atoms with Crippen molar-refractivity contribution in [2.75, 3.05) is 13.2 Å². The van der Waals surface area contributed by atoms with E-state index in [1.54, 1.807) is 17.5 Å². The maximum atomic E-state index is 12.3. The van der Waals surface area contributed by atoms with E-state index < -0.39 is 0 Å². The molecule has 5 heteroatoms. The molecule has 2 aromatic rings. The fourth-order valence-electron chi connectivity index (χ4n) is 2.53. The Morgan fingerprint density at radius 2 is 2.33 bits per heavy atom. The van der Waals surface area contributed by atoms with Crippen LogP contribution in [0.25, 0.3) is 0 Å². The first kappa shape index (κ1) is 14.1. The zero-order valence-electron chi connectivity index (χ0n) is 11.7. The second kappa shape index (κ2) is 6.72. The van der Waals surface area contributed by atoms with Gasteiger partial charge in [0.15, 0.2) is 0 Å². The monoisotopic (exact) mass is 302 g/mol. The lowest BCUT2D eigenvalue weighted by Gasteiger charge is -2.13. The molecule has 0 aliphatic carbocycles. The summed E-state index contributed by atoms with van der Waals surface area (Å²) < 4.78 is 5.70. The summed E-state index contributed by atoms with van der Waals surface area (Å²) in [6.07, 6.45) is 4.10. The van der Waals surface area contributed by atoms with Gasteiger partial charge in [-0.3, -0.25) is 4.79 Å². The maximum absolute atomic E-state index is 12.3. The van der Waals surface area contributed by atoms with Crippen molar-refractivity contribution in [1.29, 1.82) is 0 Å². The Bertz CT molecular complexity index is 598. The first-order valence-electron chi connectivity index (χ1n) is 7.20. The number of para-hydroxylation sites is 1. The number of rotatable bonds is 4. The van der Waals surface area contributed by atoms with Crippen molar-refractivity contribution < 1.29 is 9.53 Å². The quantitative estimate of drug-likeness (QED) is 0.944. The third-order valence-corrected chi connectivity index (χ3v) is 4.49. The first-order chi connectivity index (χ1) is 10.3. The molecule has 1 aliphatic heterocycles. The van der Waals surface area contributed by atoms with E-state index in [1.165, 1.54) is 0 Å². The number of ether oxygens (including phenoxy) is 1. The van der Waals surface area contributed by atoms with Crippen molar-refractivity contribution >= 4 is 17.2 Å². The van der Waals surface area contributed by atoms with E-state index in [1.807, 2.05) is 29.6 Å². The molecule has 1 aromatic carbocycles. The van der Waals surface area contributed by atoms with Gasteiger partial charge in [-0.15, -0.1) is 11.3 Å². The van der Waals surface area contributed by atoms with E-state index in [0.29, 0.717) is 13.2 Å². The van der Waals surface area contributed by atoms with Crippen LogP contribution in [0.1, 0.15) is 17.0 Å². The second-order valence-electron chi connectivity index (χ2n) is 5.11. The van der Waals surface area contributed by atoms with Crippen LogP contribution in [0.15, 0.2) is 35.8 Å². The van der Waals surface area contributed by atoms with Crippen LogP contribution in [0, 0.1) is 5.92 Å². The van der Waals surface area contributed by atoms with Crippen molar-refractivity contribution in [3.05, 3.63) is 46.4 Å². The molecule has 0 bridgehead atoms. The van der Waals surface area contributed by atoms with Gasteiger partial charge < -0.3 is 10.1 Å². The van der Waals surface area contributed by atoms with Gasteiger partial charge in [0.25, 0.3) is 0 Å². The summed E-state index contributed by atoms with van der Waals surface area (Å²) in [4.78, 5) is 16.5. The van der Waals surface area contributed by atoms with E-state index >= 15 is 0 Å². The van der Waals surface area contributed by atoms with Crippen LogP contribution in [0.2, 0.25) is 0 Å². The van der Waals surface area contributed by atoms with E-state index in [9.17, 15) is 4.79 Å². The van der Waals surface area contributed by atoms with Gasteiger partial charge in [-0.25, -0.2) is 4.98 Å². The van der Waals surface area contributed by atoms with Crippen LogP contribution < -0.4 is 10.1 Å². The number of thiazole rings is 1. The molecule has 0 fully saturated rings. The minimum absolute atomic E-state index is 0.00931. The van der Waals surface area contributed by atoms with Crippen LogP contribution in [0.4, 0.5) is 0 Å². The van der Waals surface area contributed by atoms with Crippen LogP contribution >= 0.6 is 11.3 Å². The Kier molecular flexibility index (Phi) is 4.50. The van der Waals surface area contributed by atoms with Gasteiger partial charge in [-0.05, 0) is 24.5 Å². The predicted molar refractivity (Wildman–Crippen MR) is 82.6 cm³/mol. The molecule has 0 radical (unpaired) electrons. The Labute approximate surface area is 128 Å².